The van der Waals surface area contributed by atoms with Crippen LogP contribution in [0, 0.1) is 0 Å². The molecular weight excluding hydrogens is 452 g/mol. The maximum absolute atomic E-state index is 13.1. The van der Waals surface area contributed by atoms with E-state index in [-0.39, 0.29) is 31.0 Å². The van der Waals surface area contributed by atoms with E-state index in [2.05, 4.69) is 19.2 Å². The largest absolute Gasteiger partial charge is 0.479 e. The highest BCUT2D eigenvalue weighted by Crippen LogP contribution is 2.22. The first-order valence-electron chi connectivity index (χ1n) is 15.2. The fraction of sp³-hybridized carbons (Fsp3) is 0.900. The Bertz CT molecular complexity index is 567. The topological polar surface area (TPSA) is 109 Å². The molecule has 0 saturated heterocycles. The summed E-state index contributed by atoms with van der Waals surface area (Å²) in [7, 11) is 0. The van der Waals surface area contributed by atoms with Gasteiger partial charge in [0.1, 0.15) is 0 Å². The number of carboxylic acids is 1. The van der Waals surface area contributed by atoms with Gasteiger partial charge in [-0.2, -0.15) is 0 Å². The van der Waals surface area contributed by atoms with Gasteiger partial charge in [-0.3, -0.25) is 9.59 Å². The molecule has 6 heteroatoms. The number of nitrogens with two attached hydrogens (primary N) is 1. The molecule has 0 aliphatic carbocycles. The average Bonchev–Trinajstić information content (AvgIpc) is 2.85. The maximum atomic E-state index is 13.1. The van der Waals surface area contributed by atoms with E-state index in [1.54, 1.807) is 0 Å². The zero-order valence-corrected chi connectivity index (χ0v) is 23.7. The third-order valence-corrected chi connectivity index (χ3v) is 7.21. The fourth-order valence-electron chi connectivity index (χ4n) is 4.79. The summed E-state index contributed by atoms with van der Waals surface area (Å²) in [5.74, 6) is -1.93. The predicted octanol–water partition coefficient (Wildman–Crippen LogP) is 7.47. The molecule has 1 amide bonds. The summed E-state index contributed by atoms with van der Waals surface area (Å²) in [5.41, 5.74) is 3.78. The van der Waals surface area contributed by atoms with Crippen molar-refractivity contribution in [1.82, 2.24) is 5.32 Å². The first-order valence-corrected chi connectivity index (χ1v) is 15.2. The second-order valence-corrected chi connectivity index (χ2v) is 10.6. The van der Waals surface area contributed by atoms with Crippen molar-refractivity contribution < 1.29 is 19.5 Å². The van der Waals surface area contributed by atoms with E-state index < -0.39 is 11.5 Å². The molecular formula is C30H58N2O4. The Labute approximate surface area is 221 Å². The number of amides is 1. The Kier molecular flexibility index (Phi) is 23.0. The molecule has 6 nitrogen and oxygen atoms in total. The van der Waals surface area contributed by atoms with E-state index in [4.69, 9.17) is 5.73 Å². The van der Waals surface area contributed by atoms with Crippen molar-refractivity contribution in [2.75, 3.05) is 6.54 Å². The quantitative estimate of drug-likeness (QED) is 0.0784. The molecule has 36 heavy (non-hydrogen) atoms. The number of carboxylic acid groups (broad SMARTS) is 1. The van der Waals surface area contributed by atoms with Crippen LogP contribution in [-0.2, 0) is 14.4 Å². The lowest BCUT2D eigenvalue weighted by molar-refractivity contribution is -0.153. The summed E-state index contributed by atoms with van der Waals surface area (Å²) >= 11 is 0. The number of carbonyl (C=O) groups excluding carboxylic acids is 2. The minimum absolute atomic E-state index is 0.110. The third kappa shape index (κ3) is 17.1. The molecule has 0 saturated carbocycles. The van der Waals surface area contributed by atoms with Gasteiger partial charge >= 0.3 is 5.97 Å². The number of Topliss-reactive ketones (excluding diaryl/α,β-unsaturated/α-hetero) is 1. The Morgan fingerprint density at radius 1 is 0.611 bits per heavy atom. The zero-order chi connectivity index (χ0) is 26.9. The Morgan fingerprint density at radius 3 is 1.44 bits per heavy atom. The van der Waals surface area contributed by atoms with Crippen LogP contribution in [0.25, 0.3) is 0 Å². The highest BCUT2D eigenvalue weighted by molar-refractivity contribution is 6.10. The van der Waals surface area contributed by atoms with Crippen LogP contribution in [0.2, 0.25) is 0 Å². The molecule has 0 fully saturated rings. The van der Waals surface area contributed by atoms with Gasteiger partial charge < -0.3 is 16.2 Å². The molecule has 0 heterocycles. The van der Waals surface area contributed by atoms with Gasteiger partial charge in [0.25, 0.3) is 0 Å². The summed E-state index contributed by atoms with van der Waals surface area (Å²) in [6.07, 6.45) is 22.2. The van der Waals surface area contributed by atoms with Crippen molar-refractivity contribution in [2.45, 2.75) is 167 Å². The minimum Gasteiger partial charge on any atom is -0.479 e. The predicted molar refractivity (Wildman–Crippen MR) is 150 cm³/mol. The maximum Gasteiger partial charge on any atom is 0.337 e. The van der Waals surface area contributed by atoms with Gasteiger partial charge in [-0.1, -0.05) is 117 Å². The Morgan fingerprint density at radius 2 is 1.03 bits per heavy atom. The van der Waals surface area contributed by atoms with Gasteiger partial charge in [0.15, 0.2) is 11.3 Å². The SMILES string of the molecule is CCCCCCCCCCCC(=O)N[C@@](CCCCN)(C(=O)O)C(=O)CCCCCCCCCCC. The summed E-state index contributed by atoms with van der Waals surface area (Å²) in [5, 5.41) is 12.7. The Balaban J connectivity index is 4.57. The van der Waals surface area contributed by atoms with Gasteiger partial charge in [0, 0.05) is 12.8 Å². The molecule has 0 aromatic carbocycles. The summed E-state index contributed by atoms with van der Waals surface area (Å²) < 4.78 is 0. The first-order chi connectivity index (χ1) is 17.4. The van der Waals surface area contributed by atoms with E-state index in [1.165, 1.54) is 70.6 Å². The number of hydrogen-bond acceptors (Lipinski definition) is 4. The van der Waals surface area contributed by atoms with E-state index in [0.717, 1.165) is 38.5 Å². The molecule has 0 aliphatic heterocycles. The van der Waals surface area contributed by atoms with Gasteiger partial charge in [-0.05, 0) is 38.6 Å². The number of ketones is 1. The molecule has 0 radical (unpaired) electrons. The lowest BCUT2D eigenvalue weighted by Gasteiger charge is -2.29. The van der Waals surface area contributed by atoms with Crippen LogP contribution in [-0.4, -0.2) is 34.8 Å². The molecule has 0 aromatic heterocycles. The van der Waals surface area contributed by atoms with Gasteiger partial charge in [0.2, 0.25) is 5.91 Å². The average molecular weight is 511 g/mol. The number of hydrogen-bond donors (Lipinski definition) is 3. The summed E-state index contributed by atoms with van der Waals surface area (Å²) in [4.78, 5) is 38.1. The molecule has 4 N–H and O–H groups in total. The highest BCUT2D eigenvalue weighted by atomic mass is 16.4. The number of carbonyl (C=O) groups is 3. The monoisotopic (exact) mass is 510 g/mol. The lowest BCUT2D eigenvalue weighted by atomic mass is 9.84. The molecule has 1 atom stereocenters. The first kappa shape index (κ1) is 34.6. The normalized spacial score (nSPS) is 12.9. The summed E-state index contributed by atoms with van der Waals surface area (Å²) in [6, 6.07) is 0. The van der Waals surface area contributed by atoms with E-state index >= 15 is 0 Å². The second kappa shape index (κ2) is 23.9. The molecule has 0 aliphatic rings. The highest BCUT2D eigenvalue weighted by Gasteiger charge is 2.45. The van der Waals surface area contributed by atoms with Crippen LogP contribution < -0.4 is 11.1 Å². The number of nitrogens with one attached hydrogen (secondary N) is 1. The number of aliphatic carboxylic acids is 1. The standard InChI is InChI=1S/C30H58N2O4/c1-3-5-7-9-11-13-15-17-19-23-27(33)30(29(35)36,25-21-22-26-31)32-28(34)24-20-18-16-14-12-10-8-6-4-2/h3-26,31H2,1-2H3,(H,32,34)(H,35,36)/t30-/m1/s1. The molecule has 0 rings (SSSR count). The third-order valence-electron chi connectivity index (χ3n) is 7.21. The molecule has 0 bridgehead atoms. The molecule has 0 aromatic rings. The number of rotatable bonds is 27. The van der Waals surface area contributed by atoms with Gasteiger partial charge in [-0.15, -0.1) is 0 Å². The van der Waals surface area contributed by atoms with Crippen molar-refractivity contribution >= 4 is 17.7 Å². The molecule has 0 unspecified atom stereocenters. The van der Waals surface area contributed by atoms with Crippen molar-refractivity contribution in [3.8, 4) is 0 Å². The van der Waals surface area contributed by atoms with Crippen LogP contribution in [0.3, 0.4) is 0 Å². The van der Waals surface area contributed by atoms with Crippen molar-refractivity contribution in [1.29, 1.82) is 0 Å². The van der Waals surface area contributed by atoms with Crippen LogP contribution >= 0.6 is 0 Å². The summed E-state index contributed by atoms with van der Waals surface area (Å²) in [6.45, 7) is 4.87. The van der Waals surface area contributed by atoms with E-state index in [9.17, 15) is 19.5 Å². The van der Waals surface area contributed by atoms with Crippen molar-refractivity contribution in [2.24, 2.45) is 5.73 Å². The van der Waals surface area contributed by atoms with Crippen molar-refractivity contribution in [3.05, 3.63) is 0 Å². The second-order valence-electron chi connectivity index (χ2n) is 10.6. The Hall–Kier alpha value is -1.43. The minimum atomic E-state index is -1.81. The van der Waals surface area contributed by atoms with Crippen LogP contribution in [0.5, 0.6) is 0 Å². The van der Waals surface area contributed by atoms with Crippen molar-refractivity contribution in [3.63, 3.8) is 0 Å². The van der Waals surface area contributed by atoms with Crippen LogP contribution in [0.4, 0.5) is 0 Å². The van der Waals surface area contributed by atoms with E-state index in [0.29, 0.717) is 25.8 Å². The van der Waals surface area contributed by atoms with Gasteiger partial charge in [-0.25, -0.2) is 4.79 Å². The lowest BCUT2D eigenvalue weighted by Crippen LogP contribution is -2.60. The zero-order valence-electron chi connectivity index (χ0n) is 23.7. The number of unbranched alkanes of at least 4 members (excludes halogenated alkanes) is 17. The fourth-order valence-corrected chi connectivity index (χ4v) is 4.79. The molecule has 212 valence electrons. The van der Waals surface area contributed by atoms with Gasteiger partial charge in [0.05, 0.1) is 0 Å². The van der Waals surface area contributed by atoms with E-state index in [1.807, 2.05) is 0 Å². The molecule has 0 spiro atoms. The smallest absolute Gasteiger partial charge is 0.337 e. The van der Waals surface area contributed by atoms with Crippen LogP contribution in [0.1, 0.15) is 162 Å². The van der Waals surface area contributed by atoms with Crippen LogP contribution in [0.15, 0.2) is 0 Å².